The van der Waals surface area contributed by atoms with Gasteiger partial charge in [-0.2, -0.15) is 0 Å². The van der Waals surface area contributed by atoms with E-state index in [4.69, 9.17) is 9.47 Å². The number of esters is 1. The zero-order valence-corrected chi connectivity index (χ0v) is 17.6. The van der Waals surface area contributed by atoms with Crippen molar-refractivity contribution < 1.29 is 19.1 Å². The molecule has 0 unspecified atom stereocenters. The minimum Gasteiger partial charge on any atom is -0.496 e. The summed E-state index contributed by atoms with van der Waals surface area (Å²) in [6, 6.07) is 3.70. The van der Waals surface area contributed by atoms with Crippen LogP contribution in [-0.2, 0) is 16.1 Å². The molecule has 2 heterocycles. The number of aromatic nitrogens is 3. The number of aryl methyl sites for hydroxylation is 1. The zero-order chi connectivity index (χ0) is 21.3. The minimum absolute atomic E-state index is 0.00278. The molecule has 0 fully saturated rings. The molecule has 2 aromatic heterocycles. The number of fused-ring (bicyclic) bond motifs is 1. The van der Waals surface area contributed by atoms with Gasteiger partial charge >= 0.3 is 5.97 Å². The predicted octanol–water partition coefficient (Wildman–Crippen LogP) is 3.96. The summed E-state index contributed by atoms with van der Waals surface area (Å²) in [4.78, 5) is 33.1. The second-order valence-corrected chi connectivity index (χ2v) is 7.90. The van der Waals surface area contributed by atoms with Crippen LogP contribution in [0.3, 0.4) is 0 Å². The number of rotatable bonds is 5. The van der Waals surface area contributed by atoms with Gasteiger partial charge in [-0.25, -0.2) is 9.97 Å². The highest BCUT2D eigenvalue weighted by Crippen LogP contribution is 2.36. The van der Waals surface area contributed by atoms with E-state index in [2.05, 4.69) is 9.97 Å². The average Bonchev–Trinajstić information content (AvgIpc) is 2.97. The summed E-state index contributed by atoms with van der Waals surface area (Å²) < 4.78 is 12.7. The van der Waals surface area contributed by atoms with Crippen LogP contribution < -0.4 is 4.74 Å². The van der Waals surface area contributed by atoms with E-state index in [1.54, 1.807) is 30.3 Å². The van der Waals surface area contributed by atoms with Gasteiger partial charge in [0.25, 0.3) is 0 Å². The number of hydrogen-bond donors (Lipinski definition) is 0. The van der Waals surface area contributed by atoms with Crippen molar-refractivity contribution in [1.29, 1.82) is 0 Å². The molecule has 0 aliphatic rings. The Labute approximate surface area is 169 Å². The van der Waals surface area contributed by atoms with E-state index in [1.807, 2.05) is 39.8 Å². The van der Waals surface area contributed by atoms with Crippen molar-refractivity contribution in [2.45, 2.75) is 46.8 Å². The molecule has 0 aliphatic heterocycles. The van der Waals surface area contributed by atoms with Crippen LogP contribution in [0.5, 0.6) is 5.75 Å². The largest absolute Gasteiger partial charge is 0.496 e. The Balaban J connectivity index is 2.14. The zero-order valence-electron chi connectivity index (χ0n) is 17.6. The van der Waals surface area contributed by atoms with E-state index in [1.165, 1.54) is 6.92 Å². The summed E-state index contributed by atoms with van der Waals surface area (Å²) >= 11 is 0. The van der Waals surface area contributed by atoms with Gasteiger partial charge in [0, 0.05) is 46.7 Å². The fourth-order valence-corrected chi connectivity index (χ4v) is 3.17. The fourth-order valence-electron chi connectivity index (χ4n) is 3.17. The highest BCUT2D eigenvalue weighted by molar-refractivity contribution is 6.08. The third-order valence-corrected chi connectivity index (χ3v) is 4.39. The second kappa shape index (κ2) is 7.66. The van der Waals surface area contributed by atoms with Crippen LogP contribution in [0.15, 0.2) is 30.7 Å². The molecule has 0 amide bonds. The van der Waals surface area contributed by atoms with Crippen LogP contribution in [0.25, 0.3) is 22.0 Å². The number of carbonyl (C=O) groups is 2. The Hall–Kier alpha value is -3.22. The monoisotopic (exact) mass is 395 g/mol. The van der Waals surface area contributed by atoms with E-state index in [0.717, 1.165) is 22.0 Å². The van der Waals surface area contributed by atoms with Crippen molar-refractivity contribution >= 4 is 22.7 Å². The van der Waals surface area contributed by atoms with Gasteiger partial charge in [0.15, 0.2) is 5.78 Å². The van der Waals surface area contributed by atoms with Crippen molar-refractivity contribution in [2.75, 3.05) is 7.11 Å². The maximum absolute atomic E-state index is 12.3. The number of nitrogens with zero attached hydrogens (tertiary/aromatic N) is 3. The van der Waals surface area contributed by atoms with Gasteiger partial charge in [0.1, 0.15) is 23.7 Å². The number of methoxy groups -OCH3 is 1. The highest BCUT2D eigenvalue weighted by atomic mass is 16.6. The minimum atomic E-state index is -0.584. The first-order valence-corrected chi connectivity index (χ1v) is 9.31. The third kappa shape index (κ3) is 4.45. The molecule has 0 saturated heterocycles. The lowest BCUT2D eigenvalue weighted by Gasteiger charge is -2.20. The van der Waals surface area contributed by atoms with Crippen LogP contribution in [0.2, 0.25) is 0 Å². The molecular weight excluding hydrogens is 370 g/mol. The van der Waals surface area contributed by atoms with Gasteiger partial charge in [-0.15, -0.1) is 0 Å². The Morgan fingerprint density at radius 3 is 2.34 bits per heavy atom. The van der Waals surface area contributed by atoms with Crippen LogP contribution in [0.1, 0.15) is 43.9 Å². The van der Waals surface area contributed by atoms with E-state index >= 15 is 0 Å². The number of ketones is 1. The summed E-state index contributed by atoms with van der Waals surface area (Å²) in [6.07, 6.45) is 5.13. The first kappa shape index (κ1) is 20.5. The van der Waals surface area contributed by atoms with E-state index < -0.39 is 5.60 Å². The Morgan fingerprint density at radius 1 is 1.14 bits per heavy atom. The lowest BCUT2D eigenvalue weighted by atomic mass is 10.0. The summed E-state index contributed by atoms with van der Waals surface area (Å²) in [6.45, 7) is 8.77. The average molecular weight is 395 g/mol. The summed E-state index contributed by atoms with van der Waals surface area (Å²) in [5.74, 6) is 0.805. The van der Waals surface area contributed by atoms with Gasteiger partial charge in [-0.05, 0) is 40.7 Å². The Morgan fingerprint density at radius 2 is 1.79 bits per heavy atom. The predicted molar refractivity (Wildman–Crippen MR) is 110 cm³/mol. The number of benzene rings is 1. The van der Waals surface area contributed by atoms with E-state index in [9.17, 15) is 9.59 Å². The fraction of sp³-hybridized carbons (Fsp3) is 0.364. The molecule has 152 valence electrons. The lowest BCUT2D eigenvalue weighted by Crippen LogP contribution is -2.26. The Kier molecular flexibility index (Phi) is 5.42. The number of hydrogen-bond acceptors (Lipinski definition) is 6. The van der Waals surface area contributed by atoms with Gasteiger partial charge in [-0.3, -0.25) is 9.59 Å². The first-order chi connectivity index (χ1) is 13.6. The standard InChI is InChI=1S/C22H25N3O4/c1-13(26)18-11-25(12-21(27)29-22(3,4)5)19-8-20(28-6)16(7-17(18)19)15-9-23-14(2)24-10-15/h7-11H,12H2,1-6H3. The van der Waals surface area contributed by atoms with Crippen molar-refractivity contribution in [3.8, 4) is 16.9 Å². The van der Waals surface area contributed by atoms with E-state index in [0.29, 0.717) is 17.1 Å². The molecule has 0 atom stereocenters. The van der Waals surface area contributed by atoms with Crippen LogP contribution in [0.4, 0.5) is 0 Å². The molecule has 29 heavy (non-hydrogen) atoms. The van der Waals surface area contributed by atoms with Gasteiger partial charge in [0.2, 0.25) is 0 Å². The molecule has 1 aromatic carbocycles. The quantitative estimate of drug-likeness (QED) is 0.480. The molecule has 0 aliphatic carbocycles. The second-order valence-electron chi connectivity index (χ2n) is 7.90. The molecule has 0 radical (unpaired) electrons. The number of carbonyl (C=O) groups excluding carboxylic acids is 2. The van der Waals surface area contributed by atoms with Crippen molar-refractivity contribution in [3.05, 3.63) is 42.1 Å². The molecular formula is C22H25N3O4. The number of Topliss-reactive ketones (excluding diaryl/α,β-unsaturated/α-hetero) is 1. The maximum Gasteiger partial charge on any atom is 0.326 e. The van der Waals surface area contributed by atoms with Gasteiger partial charge in [-0.1, -0.05) is 0 Å². The van der Waals surface area contributed by atoms with Crippen LogP contribution in [0, 0.1) is 6.92 Å². The summed E-state index contributed by atoms with van der Waals surface area (Å²) in [5.41, 5.74) is 2.22. The maximum atomic E-state index is 12.3. The van der Waals surface area contributed by atoms with E-state index in [-0.39, 0.29) is 18.3 Å². The third-order valence-electron chi connectivity index (χ3n) is 4.39. The van der Waals surface area contributed by atoms with Gasteiger partial charge in [0.05, 0.1) is 12.6 Å². The van der Waals surface area contributed by atoms with Crippen molar-refractivity contribution in [3.63, 3.8) is 0 Å². The summed E-state index contributed by atoms with van der Waals surface area (Å²) in [5, 5.41) is 0.734. The molecule has 7 nitrogen and oxygen atoms in total. The smallest absolute Gasteiger partial charge is 0.326 e. The van der Waals surface area contributed by atoms with Crippen molar-refractivity contribution in [2.24, 2.45) is 0 Å². The van der Waals surface area contributed by atoms with Crippen LogP contribution in [-0.4, -0.2) is 39.0 Å². The number of ether oxygens (including phenoxy) is 2. The van der Waals surface area contributed by atoms with Gasteiger partial charge < -0.3 is 14.0 Å². The molecule has 0 spiro atoms. The topological polar surface area (TPSA) is 83.3 Å². The molecule has 3 rings (SSSR count). The highest BCUT2D eigenvalue weighted by Gasteiger charge is 2.21. The molecule has 3 aromatic rings. The van der Waals surface area contributed by atoms with Crippen LogP contribution >= 0.6 is 0 Å². The van der Waals surface area contributed by atoms with Crippen molar-refractivity contribution in [1.82, 2.24) is 14.5 Å². The lowest BCUT2D eigenvalue weighted by molar-refractivity contribution is -0.155. The normalized spacial score (nSPS) is 11.5. The summed E-state index contributed by atoms with van der Waals surface area (Å²) in [7, 11) is 1.58. The molecule has 0 N–H and O–H groups in total. The first-order valence-electron chi connectivity index (χ1n) is 9.31. The molecule has 7 heteroatoms. The molecule has 0 saturated carbocycles. The molecule has 0 bridgehead atoms. The SMILES string of the molecule is COc1cc2c(cc1-c1cnc(C)nc1)c(C(C)=O)cn2CC(=O)OC(C)(C)C. The Bertz CT molecular complexity index is 1080.